The van der Waals surface area contributed by atoms with Gasteiger partial charge in [-0.2, -0.15) is 4.98 Å². The van der Waals surface area contributed by atoms with Crippen LogP contribution in [0.1, 0.15) is 32.4 Å². The summed E-state index contributed by atoms with van der Waals surface area (Å²) in [5.41, 5.74) is 0.947. The van der Waals surface area contributed by atoms with E-state index in [9.17, 15) is 4.79 Å². The Labute approximate surface area is 132 Å². The minimum absolute atomic E-state index is 0.0167. The summed E-state index contributed by atoms with van der Waals surface area (Å²) in [7, 11) is 3.95. The van der Waals surface area contributed by atoms with Crippen molar-refractivity contribution in [3.8, 4) is 0 Å². The third-order valence-corrected chi connectivity index (χ3v) is 3.79. The second kappa shape index (κ2) is 6.94. The van der Waals surface area contributed by atoms with Crippen LogP contribution < -0.4 is 15.1 Å². The maximum atomic E-state index is 12.2. The van der Waals surface area contributed by atoms with Crippen LogP contribution in [0.25, 0.3) is 0 Å². The zero-order valence-corrected chi connectivity index (χ0v) is 14.3. The highest BCUT2D eigenvalue weighted by Crippen LogP contribution is 2.23. The smallest absolute Gasteiger partial charge is 0.227 e. The fraction of sp³-hybridized carbons (Fsp3) is 0.688. The zero-order valence-electron chi connectivity index (χ0n) is 14.3. The molecule has 1 fully saturated rings. The Kier molecular flexibility index (Phi) is 5.21. The molecule has 122 valence electrons. The van der Waals surface area contributed by atoms with Gasteiger partial charge >= 0.3 is 0 Å². The number of piperidine rings is 1. The highest BCUT2D eigenvalue weighted by molar-refractivity contribution is 5.79. The molecule has 0 aliphatic carbocycles. The highest BCUT2D eigenvalue weighted by atomic mass is 16.2. The Morgan fingerprint density at radius 2 is 2.14 bits per heavy atom. The van der Waals surface area contributed by atoms with E-state index in [-0.39, 0.29) is 17.9 Å². The largest absolute Gasteiger partial charge is 0.363 e. The molecule has 6 heteroatoms. The number of aromatic nitrogens is 2. The van der Waals surface area contributed by atoms with Crippen molar-refractivity contribution in [3.05, 3.63) is 11.8 Å². The van der Waals surface area contributed by atoms with Crippen LogP contribution in [0.5, 0.6) is 0 Å². The lowest BCUT2D eigenvalue weighted by molar-refractivity contribution is -0.125. The second-order valence-corrected chi connectivity index (χ2v) is 6.51. The molecule has 1 aliphatic heterocycles. The van der Waals surface area contributed by atoms with E-state index < -0.39 is 0 Å². The molecule has 1 aliphatic rings. The number of anilines is 2. The van der Waals surface area contributed by atoms with Gasteiger partial charge in [0.25, 0.3) is 0 Å². The molecule has 2 rings (SSSR count). The average Bonchev–Trinajstić information content (AvgIpc) is 2.46. The number of carbonyl (C=O) groups excluding carboxylic acids is 1. The van der Waals surface area contributed by atoms with Crippen LogP contribution in [0.2, 0.25) is 0 Å². The second-order valence-electron chi connectivity index (χ2n) is 6.51. The Hall–Kier alpha value is -1.85. The predicted molar refractivity (Wildman–Crippen MR) is 89.3 cm³/mol. The van der Waals surface area contributed by atoms with Gasteiger partial charge in [-0.15, -0.1) is 0 Å². The number of nitrogens with zero attached hydrogens (tertiary/aromatic N) is 4. The Morgan fingerprint density at radius 3 is 2.77 bits per heavy atom. The first-order chi connectivity index (χ1) is 10.4. The summed E-state index contributed by atoms with van der Waals surface area (Å²) in [6.07, 6.45) is 1.92. The number of carbonyl (C=O) groups is 1. The molecule has 1 N–H and O–H groups in total. The zero-order chi connectivity index (χ0) is 16.3. The number of amides is 1. The first-order valence-electron chi connectivity index (χ1n) is 7.95. The molecule has 1 aromatic heterocycles. The van der Waals surface area contributed by atoms with E-state index in [0.29, 0.717) is 6.54 Å². The van der Waals surface area contributed by atoms with Crippen LogP contribution in [0, 0.1) is 12.8 Å². The van der Waals surface area contributed by atoms with Crippen molar-refractivity contribution in [3.63, 3.8) is 0 Å². The third kappa shape index (κ3) is 4.08. The van der Waals surface area contributed by atoms with Crippen molar-refractivity contribution in [2.45, 2.75) is 39.7 Å². The summed E-state index contributed by atoms with van der Waals surface area (Å²) >= 11 is 0. The quantitative estimate of drug-likeness (QED) is 0.915. The summed E-state index contributed by atoms with van der Waals surface area (Å²) in [5.74, 6) is 1.78. The molecule has 1 saturated heterocycles. The molecule has 1 atom stereocenters. The Morgan fingerprint density at radius 1 is 1.41 bits per heavy atom. The summed E-state index contributed by atoms with van der Waals surface area (Å²) in [5, 5.41) is 3.01. The van der Waals surface area contributed by atoms with Gasteiger partial charge in [0.15, 0.2) is 0 Å². The molecule has 1 aromatic rings. The number of aryl methyl sites for hydroxylation is 1. The van der Waals surface area contributed by atoms with Crippen molar-refractivity contribution < 1.29 is 4.79 Å². The molecule has 1 amide bonds. The van der Waals surface area contributed by atoms with Crippen molar-refractivity contribution in [1.29, 1.82) is 0 Å². The standard InChI is InChI=1S/C16H27N5O/c1-11(2)17-15(22)13-7-6-8-21(10-13)16-18-12(3)9-14(19-16)20(4)5/h9,11,13H,6-8,10H2,1-5H3,(H,17,22). The van der Waals surface area contributed by atoms with Gasteiger partial charge in [0, 0.05) is 45.0 Å². The van der Waals surface area contributed by atoms with E-state index in [0.717, 1.165) is 36.8 Å². The van der Waals surface area contributed by atoms with Crippen LogP contribution in [0.3, 0.4) is 0 Å². The van der Waals surface area contributed by atoms with E-state index >= 15 is 0 Å². The third-order valence-electron chi connectivity index (χ3n) is 3.79. The molecule has 0 aromatic carbocycles. The molecule has 0 radical (unpaired) electrons. The summed E-state index contributed by atoms with van der Waals surface area (Å²) in [6.45, 7) is 7.55. The molecule has 0 saturated carbocycles. The maximum Gasteiger partial charge on any atom is 0.227 e. The van der Waals surface area contributed by atoms with Gasteiger partial charge in [-0.1, -0.05) is 0 Å². The monoisotopic (exact) mass is 305 g/mol. The van der Waals surface area contributed by atoms with Crippen LogP contribution in [0.15, 0.2) is 6.07 Å². The van der Waals surface area contributed by atoms with E-state index in [1.54, 1.807) is 0 Å². The van der Waals surface area contributed by atoms with E-state index in [4.69, 9.17) is 0 Å². The molecule has 22 heavy (non-hydrogen) atoms. The molecular weight excluding hydrogens is 278 g/mol. The normalized spacial score (nSPS) is 18.5. The van der Waals surface area contributed by atoms with Crippen LogP contribution in [-0.2, 0) is 4.79 Å². The van der Waals surface area contributed by atoms with Gasteiger partial charge in [0.2, 0.25) is 11.9 Å². The Bertz CT molecular complexity index is 529. The molecular formula is C16H27N5O. The van der Waals surface area contributed by atoms with Gasteiger partial charge in [0.1, 0.15) is 5.82 Å². The minimum atomic E-state index is 0.0167. The summed E-state index contributed by atoms with van der Waals surface area (Å²) in [4.78, 5) is 25.5. The summed E-state index contributed by atoms with van der Waals surface area (Å²) < 4.78 is 0. The number of rotatable bonds is 4. The lowest BCUT2D eigenvalue weighted by atomic mass is 9.97. The predicted octanol–water partition coefficient (Wildman–Crippen LogP) is 1.59. The first-order valence-corrected chi connectivity index (χ1v) is 7.95. The molecule has 2 heterocycles. The van der Waals surface area contributed by atoms with Crippen molar-refractivity contribution in [2.24, 2.45) is 5.92 Å². The topological polar surface area (TPSA) is 61.4 Å². The SMILES string of the molecule is Cc1cc(N(C)C)nc(N2CCCC(C(=O)NC(C)C)C2)n1. The number of nitrogens with one attached hydrogen (secondary N) is 1. The number of hydrogen-bond donors (Lipinski definition) is 1. The van der Waals surface area contributed by atoms with Crippen molar-refractivity contribution in [1.82, 2.24) is 15.3 Å². The molecule has 0 spiro atoms. The Balaban J connectivity index is 2.14. The van der Waals surface area contributed by atoms with E-state index in [1.807, 2.05) is 45.8 Å². The van der Waals surface area contributed by atoms with Gasteiger partial charge in [-0.05, 0) is 33.6 Å². The van der Waals surface area contributed by atoms with E-state index in [1.165, 1.54) is 0 Å². The van der Waals surface area contributed by atoms with E-state index in [2.05, 4.69) is 20.2 Å². The maximum absolute atomic E-state index is 12.2. The summed E-state index contributed by atoms with van der Waals surface area (Å²) in [6, 6.07) is 2.15. The molecule has 1 unspecified atom stereocenters. The lowest BCUT2D eigenvalue weighted by Crippen LogP contribution is -2.45. The van der Waals surface area contributed by atoms with Crippen LogP contribution in [-0.4, -0.2) is 49.1 Å². The fourth-order valence-electron chi connectivity index (χ4n) is 2.68. The first kappa shape index (κ1) is 16.5. The fourth-order valence-corrected chi connectivity index (χ4v) is 2.68. The van der Waals surface area contributed by atoms with Gasteiger partial charge in [-0.25, -0.2) is 4.98 Å². The number of hydrogen-bond acceptors (Lipinski definition) is 5. The van der Waals surface area contributed by atoms with Crippen molar-refractivity contribution in [2.75, 3.05) is 37.0 Å². The van der Waals surface area contributed by atoms with Crippen LogP contribution >= 0.6 is 0 Å². The molecule has 6 nitrogen and oxygen atoms in total. The van der Waals surface area contributed by atoms with Crippen molar-refractivity contribution >= 4 is 17.7 Å². The lowest BCUT2D eigenvalue weighted by Gasteiger charge is -2.33. The van der Waals surface area contributed by atoms with Gasteiger partial charge < -0.3 is 15.1 Å². The average molecular weight is 305 g/mol. The van der Waals surface area contributed by atoms with Crippen LogP contribution in [0.4, 0.5) is 11.8 Å². The highest BCUT2D eigenvalue weighted by Gasteiger charge is 2.27. The van der Waals surface area contributed by atoms with Gasteiger partial charge in [-0.3, -0.25) is 4.79 Å². The minimum Gasteiger partial charge on any atom is -0.363 e. The molecule has 0 bridgehead atoms. The van der Waals surface area contributed by atoms with Gasteiger partial charge in [0.05, 0.1) is 5.92 Å².